The van der Waals surface area contributed by atoms with Crippen LogP contribution in [0.5, 0.6) is 0 Å². The minimum atomic E-state index is -0.149. The van der Waals surface area contributed by atoms with Crippen LogP contribution in [0.1, 0.15) is 28.3 Å². The summed E-state index contributed by atoms with van der Waals surface area (Å²) in [6.45, 7) is 4.34. The minimum absolute atomic E-state index is 0.149. The fourth-order valence-electron chi connectivity index (χ4n) is 2.62. The Morgan fingerprint density at radius 3 is 2.88 bits per heavy atom. The van der Waals surface area contributed by atoms with Crippen LogP contribution in [-0.4, -0.2) is 27.0 Å². The average molecular weight is 321 g/mol. The predicted octanol–water partition coefficient (Wildman–Crippen LogP) is 2.40. The molecule has 0 bridgehead atoms. The summed E-state index contributed by atoms with van der Waals surface area (Å²) in [7, 11) is 0. The zero-order valence-electron chi connectivity index (χ0n) is 13.2. The maximum Gasteiger partial charge on any atom is 0.251 e. The van der Waals surface area contributed by atoms with Crippen LogP contribution >= 0.6 is 0 Å². The highest BCUT2D eigenvalue weighted by Crippen LogP contribution is 2.19. The second-order valence-electron chi connectivity index (χ2n) is 5.53. The number of rotatable bonds is 6. The molecule has 1 aromatic carbocycles. The lowest BCUT2D eigenvalue weighted by Gasteiger charge is -2.16. The predicted molar refractivity (Wildman–Crippen MR) is 93.7 cm³/mol. The van der Waals surface area contributed by atoms with Crippen molar-refractivity contribution in [1.29, 1.82) is 0 Å². The average Bonchev–Trinajstić information content (AvgIpc) is 2.98. The van der Waals surface area contributed by atoms with Crippen molar-refractivity contribution < 1.29 is 4.79 Å². The van der Waals surface area contributed by atoms with Gasteiger partial charge in [-0.25, -0.2) is 4.52 Å². The Labute approximate surface area is 140 Å². The Hall–Kier alpha value is -3.15. The first-order valence-corrected chi connectivity index (χ1v) is 7.73. The Morgan fingerprint density at radius 2 is 2.12 bits per heavy atom. The number of pyridine rings is 1. The largest absolute Gasteiger partial charge is 0.366 e. The summed E-state index contributed by atoms with van der Waals surface area (Å²) in [5.41, 5.74) is 7.81. The maximum atomic E-state index is 12.4. The first-order valence-electron chi connectivity index (χ1n) is 7.73. The van der Waals surface area contributed by atoms with E-state index < -0.39 is 0 Å². The molecule has 6 heteroatoms. The summed E-state index contributed by atoms with van der Waals surface area (Å²) in [6, 6.07) is 13.5. The van der Waals surface area contributed by atoms with Crippen molar-refractivity contribution in [2.45, 2.75) is 12.3 Å². The summed E-state index contributed by atoms with van der Waals surface area (Å²) in [4.78, 5) is 16.5. The number of carbonyl (C=O) groups is 1. The summed E-state index contributed by atoms with van der Waals surface area (Å²) in [6.07, 6.45) is 4.34. The molecule has 0 aliphatic rings. The first-order chi connectivity index (χ1) is 11.7. The van der Waals surface area contributed by atoms with E-state index in [0.29, 0.717) is 17.8 Å². The van der Waals surface area contributed by atoms with Crippen molar-refractivity contribution in [3.05, 3.63) is 72.4 Å². The third-order valence-corrected chi connectivity index (χ3v) is 3.85. The molecule has 0 spiro atoms. The number of anilines is 1. The van der Waals surface area contributed by atoms with Crippen molar-refractivity contribution in [3.8, 4) is 0 Å². The number of nitrogens with zero attached hydrogens (tertiary/aromatic N) is 3. The van der Waals surface area contributed by atoms with Gasteiger partial charge in [0, 0.05) is 24.2 Å². The topological polar surface area (TPSA) is 85.3 Å². The van der Waals surface area contributed by atoms with E-state index in [2.05, 4.69) is 34.1 Å². The van der Waals surface area contributed by atoms with Crippen LogP contribution in [0.3, 0.4) is 0 Å². The quantitative estimate of drug-likeness (QED) is 0.683. The van der Waals surface area contributed by atoms with Crippen LogP contribution in [-0.2, 0) is 0 Å². The second-order valence-corrected chi connectivity index (χ2v) is 5.53. The van der Waals surface area contributed by atoms with Gasteiger partial charge in [-0.2, -0.15) is 4.98 Å². The molecule has 1 atom stereocenters. The van der Waals surface area contributed by atoms with Crippen molar-refractivity contribution >= 4 is 17.5 Å². The molecular weight excluding hydrogens is 302 g/mol. The van der Waals surface area contributed by atoms with Crippen molar-refractivity contribution in [3.63, 3.8) is 0 Å². The highest BCUT2D eigenvalue weighted by atomic mass is 16.1. The van der Waals surface area contributed by atoms with Crippen molar-refractivity contribution in [1.82, 2.24) is 19.9 Å². The number of amides is 1. The van der Waals surface area contributed by atoms with Gasteiger partial charge in [-0.3, -0.25) is 4.79 Å². The number of nitrogen functional groups attached to an aromatic ring is 1. The van der Waals surface area contributed by atoms with Gasteiger partial charge >= 0.3 is 0 Å². The smallest absolute Gasteiger partial charge is 0.251 e. The van der Waals surface area contributed by atoms with Crippen LogP contribution in [0.15, 0.2) is 61.3 Å². The van der Waals surface area contributed by atoms with Gasteiger partial charge in [-0.05, 0) is 24.1 Å². The molecule has 0 radical (unpaired) electrons. The summed E-state index contributed by atoms with van der Waals surface area (Å²) >= 11 is 0. The van der Waals surface area contributed by atoms with E-state index in [4.69, 9.17) is 5.73 Å². The number of allylic oxidation sites excluding steroid dienone is 1. The highest BCUT2D eigenvalue weighted by molar-refractivity contribution is 5.95. The molecule has 24 heavy (non-hydrogen) atoms. The molecule has 3 N–H and O–H groups in total. The Morgan fingerprint density at radius 1 is 1.33 bits per heavy atom. The molecule has 1 amide bonds. The van der Waals surface area contributed by atoms with Crippen LogP contribution in [0.25, 0.3) is 5.65 Å². The van der Waals surface area contributed by atoms with Gasteiger partial charge in [-0.15, -0.1) is 11.7 Å². The molecule has 0 aliphatic carbocycles. The van der Waals surface area contributed by atoms with E-state index in [9.17, 15) is 4.79 Å². The van der Waals surface area contributed by atoms with E-state index in [1.54, 1.807) is 18.3 Å². The lowest BCUT2D eigenvalue weighted by molar-refractivity contribution is 0.0951. The number of aromatic nitrogens is 3. The molecule has 122 valence electrons. The standard InChI is InChI=1S/C18H19N5O/c1-2-6-15(13-7-4-3-5-8-13)12-20-17(24)14-9-10-23-16(11-14)21-18(19)22-23/h2-5,7-11,15H,1,6,12H2,(H2,19,22)(H,20,24). The van der Waals surface area contributed by atoms with Gasteiger partial charge in [0.05, 0.1) is 0 Å². The van der Waals surface area contributed by atoms with Crippen molar-refractivity contribution in [2.24, 2.45) is 0 Å². The SMILES string of the molecule is C=CCC(CNC(=O)c1ccn2nc(N)nc2c1)c1ccccc1. The Bertz CT molecular complexity index is 856. The second kappa shape index (κ2) is 6.95. The van der Waals surface area contributed by atoms with Crippen molar-refractivity contribution in [2.75, 3.05) is 12.3 Å². The number of fused-ring (bicyclic) bond motifs is 1. The molecule has 0 saturated carbocycles. The van der Waals surface area contributed by atoms with Crippen LogP contribution in [0.4, 0.5) is 5.95 Å². The fraction of sp³-hybridized carbons (Fsp3) is 0.167. The number of carbonyl (C=O) groups excluding carboxylic acids is 1. The fourth-order valence-corrected chi connectivity index (χ4v) is 2.62. The number of nitrogens with one attached hydrogen (secondary N) is 1. The maximum absolute atomic E-state index is 12.4. The molecule has 3 aromatic rings. The minimum Gasteiger partial charge on any atom is -0.366 e. The zero-order chi connectivity index (χ0) is 16.9. The molecule has 2 aromatic heterocycles. The van der Waals surface area contributed by atoms with E-state index in [1.165, 1.54) is 10.1 Å². The lowest BCUT2D eigenvalue weighted by Crippen LogP contribution is -2.28. The van der Waals surface area contributed by atoms with Crippen LogP contribution in [0.2, 0.25) is 0 Å². The number of hydrogen-bond acceptors (Lipinski definition) is 4. The van der Waals surface area contributed by atoms with E-state index in [0.717, 1.165) is 6.42 Å². The van der Waals surface area contributed by atoms with Gasteiger partial charge in [0.25, 0.3) is 5.91 Å². The van der Waals surface area contributed by atoms with Gasteiger partial charge < -0.3 is 11.1 Å². The third kappa shape index (κ3) is 3.43. The molecule has 6 nitrogen and oxygen atoms in total. The molecule has 0 aliphatic heterocycles. The van der Waals surface area contributed by atoms with Gasteiger partial charge in [0.15, 0.2) is 5.65 Å². The highest BCUT2D eigenvalue weighted by Gasteiger charge is 2.13. The zero-order valence-corrected chi connectivity index (χ0v) is 13.2. The van der Waals surface area contributed by atoms with Gasteiger partial charge in [-0.1, -0.05) is 36.4 Å². The number of nitrogens with two attached hydrogens (primary N) is 1. The van der Waals surface area contributed by atoms with Crippen LogP contribution < -0.4 is 11.1 Å². The normalized spacial score (nSPS) is 12.0. The molecule has 0 saturated heterocycles. The Kier molecular flexibility index (Phi) is 4.56. The summed E-state index contributed by atoms with van der Waals surface area (Å²) in [5.74, 6) is 0.229. The monoisotopic (exact) mass is 321 g/mol. The number of hydrogen-bond donors (Lipinski definition) is 2. The van der Waals surface area contributed by atoms with E-state index in [1.807, 2.05) is 24.3 Å². The lowest BCUT2D eigenvalue weighted by atomic mass is 9.95. The van der Waals surface area contributed by atoms with E-state index in [-0.39, 0.29) is 17.8 Å². The Balaban J connectivity index is 1.71. The number of benzene rings is 1. The third-order valence-electron chi connectivity index (χ3n) is 3.85. The molecular formula is C18H19N5O. The molecule has 2 heterocycles. The van der Waals surface area contributed by atoms with Crippen LogP contribution in [0, 0.1) is 0 Å². The van der Waals surface area contributed by atoms with Gasteiger partial charge in [0.1, 0.15) is 0 Å². The first kappa shape index (κ1) is 15.7. The summed E-state index contributed by atoms with van der Waals surface area (Å²) < 4.78 is 1.54. The summed E-state index contributed by atoms with van der Waals surface area (Å²) in [5, 5.41) is 6.97. The molecule has 1 unspecified atom stereocenters. The van der Waals surface area contributed by atoms with Gasteiger partial charge in [0.2, 0.25) is 5.95 Å². The molecule has 3 rings (SSSR count). The van der Waals surface area contributed by atoms with E-state index >= 15 is 0 Å². The molecule has 0 fully saturated rings.